The quantitative estimate of drug-likeness (QED) is 0.372. The van der Waals surface area contributed by atoms with Crippen molar-refractivity contribution in [3.63, 3.8) is 0 Å². The lowest BCUT2D eigenvalue weighted by Gasteiger charge is -2.20. The van der Waals surface area contributed by atoms with Gasteiger partial charge in [-0.25, -0.2) is 9.37 Å². The second-order valence-corrected chi connectivity index (χ2v) is 8.01. The Hall–Kier alpha value is -3.71. The smallest absolute Gasteiger partial charge is 0.144 e. The SMILES string of the molecule is N=c1ccn(-c2[nH]c(C3CCNCC3)nc2-c2ccc(F)cc2)c(Nc2ccccc2)c1. The summed E-state index contributed by atoms with van der Waals surface area (Å²) in [6.07, 6.45) is 3.89. The summed E-state index contributed by atoms with van der Waals surface area (Å²) < 4.78 is 15.6. The largest absolute Gasteiger partial charge is 0.341 e. The zero-order valence-electron chi connectivity index (χ0n) is 17.6. The van der Waals surface area contributed by atoms with E-state index >= 15 is 0 Å². The Labute approximate surface area is 185 Å². The predicted octanol–water partition coefficient (Wildman–Crippen LogP) is 4.70. The van der Waals surface area contributed by atoms with Gasteiger partial charge in [-0.2, -0.15) is 0 Å². The Morgan fingerprint density at radius 1 is 1.00 bits per heavy atom. The Balaban J connectivity index is 1.64. The van der Waals surface area contributed by atoms with Gasteiger partial charge in [0.2, 0.25) is 0 Å². The molecule has 7 heteroatoms. The van der Waals surface area contributed by atoms with Gasteiger partial charge in [0.25, 0.3) is 0 Å². The van der Waals surface area contributed by atoms with Crippen molar-refractivity contribution in [1.29, 1.82) is 5.41 Å². The number of H-pyrrole nitrogens is 1. The fraction of sp³-hybridized carbons (Fsp3) is 0.200. The molecule has 162 valence electrons. The number of aromatic amines is 1. The molecular formula is C25H25FN6. The molecule has 1 aliphatic heterocycles. The Bertz CT molecular complexity index is 1250. The molecule has 0 radical (unpaired) electrons. The van der Waals surface area contributed by atoms with Crippen LogP contribution in [0.4, 0.5) is 15.9 Å². The zero-order valence-corrected chi connectivity index (χ0v) is 17.6. The van der Waals surface area contributed by atoms with Crippen molar-refractivity contribution in [2.75, 3.05) is 18.4 Å². The maximum atomic E-state index is 13.6. The Kier molecular flexibility index (Phi) is 5.56. The van der Waals surface area contributed by atoms with Crippen molar-refractivity contribution < 1.29 is 4.39 Å². The number of piperidine rings is 1. The highest BCUT2D eigenvalue weighted by atomic mass is 19.1. The molecule has 2 aromatic heterocycles. The monoisotopic (exact) mass is 428 g/mol. The van der Waals surface area contributed by atoms with E-state index in [1.165, 1.54) is 12.1 Å². The van der Waals surface area contributed by atoms with Gasteiger partial charge in [0.1, 0.15) is 29.0 Å². The van der Waals surface area contributed by atoms with Gasteiger partial charge in [0, 0.05) is 29.4 Å². The maximum absolute atomic E-state index is 13.6. The standard InChI is InChI=1S/C25H25FN6/c26-19-8-6-17(7-9-19)23-25(31-24(30-23)18-10-13-28-14-11-18)32-15-12-20(27)16-22(32)29-21-4-2-1-3-5-21/h1-9,12,15-16,18,27-29H,10-11,13-14H2,(H,30,31). The lowest BCUT2D eigenvalue weighted by atomic mass is 9.98. The van der Waals surface area contributed by atoms with E-state index in [1.54, 1.807) is 24.3 Å². The first-order valence-electron chi connectivity index (χ1n) is 10.8. The average Bonchev–Trinajstić information content (AvgIpc) is 3.26. The van der Waals surface area contributed by atoms with Crippen LogP contribution in [0.15, 0.2) is 72.9 Å². The molecule has 5 rings (SSSR count). The van der Waals surface area contributed by atoms with Crippen LogP contribution in [-0.2, 0) is 0 Å². The van der Waals surface area contributed by atoms with Crippen LogP contribution in [0, 0.1) is 11.2 Å². The van der Waals surface area contributed by atoms with Crippen molar-refractivity contribution in [2.24, 2.45) is 0 Å². The van der Waals surface area contributed by atoms with Crippen molar-refractivity contribution in [3.8, 4) is 17.1 Å². The number of rotatable bonds is 5. The minimum atomic E-state index is -0.276. The van der Waals surface area contributed by atoms with Gasteiger partial charge >= 0.3 is 0 Å². The molecule has 0 atom stereocenters. The number of nitrogens with one attached hydrogen (secondary N) is 4. The summed E-state index contributed by atoms with van der Waals surface area (Å²) in [5, 5.41) is 15.4. The molecule has 2 aromatic carbocycles. The van der Waals surface area contributed by atoms with E-state index < -0.39 is 0 Å². The van der Waals surface area contributed by atoms with Crippen LogP contribution in [0.2, 0.25) is 0 Å². The number of nitrogens with zero attached hydrogens (tertiary/aromatic N) is 2. The second-order valence-electron chi connectivity index (χ2n) is 8.01. The summed E-state index contributed by atoms with van der Waals surface area (Å²) in [7, 11) is 0. The summed E-state index contributed by atoms with van der Waals surface area (Å²) in [6, 6.07) is 19.8. The summed E-state index contributed by atoms with van der Waals surface area (Å²) >= 11 is 0. The van der Waals surface area contributed by atoms with E-state index in [1.807, 2.05) is 41.1 Å². The first-order chi connectivity index (χ1) is 15.7. The third kappa shape index (κ3) is 4.20. The number of hydrogen-bond donors (Lipinski definition) is 4. The van der Waals surface area contributed by atoms with Crippen molar-refractivity contribution in [2.45, 2.75) is 18.8 Å². The van der Waals surface area contributed by atoms with Gasteiger partial charge < -0.3 is 21.0 Å². The van der Waals surface area contributed by atoms with Gasteiger partial charge in [0.15, 0.2) is 0 Å². The number of para-hydroxylation sites is 1. The molecule has 0 saturated carbocycles. The van der Waals surface area contributed by atoms with E-state index in [0.29, 0.717) is 11.3 Å². The fourth-order valence-corrected chi connectivity index (χ4v) is 4.11. The van der Waals surface area contributed by atoms with Gasteiger partial charge in [-0.1, -0.05) is 18.2 Å². The van der Waals surface area contributed by atoms with Crippen LogP contribution < -0.4 is 16.0 Å². The van der Waals surface area contributed by atoms with Crippen LogP contribution >= 0.6 is 0 Å². The van der Waals surface area contributed by atoms with Crippen molar-refractivity contribution in [3.05, 3.63) is 89.9 Å². The minimum absolute atomic E-state index is 0.276. The number of pyridine rings is 1. The molecule has 1 aliphatic rings. The Morgan fingerprint density at radius 3 is 2.50 bits per heavy atom. The number of hydrogen-bond acceptors (Lipinski definition) is 4. The predicted molar refractivity (Wildman–Crippen MR) is 124 cm³/mol. The normalized spacial score (nSPS) is 14.4. The molecule has 4 aromatic rings. The lowest BCUT2D eigenvalue weighted by molar-refractivity contribution is 0.447. The number of aromatic nitrogens is 3. The molecule has 0 unspecified atom stereocenters. The molecule has 6 nitrogen and oxygen atoms in total. The number of halogens is 1. The van der Waals surface area contributed by atoms with E-state index in [0.717, 1.165) is 60.3 Å². The van der Waals surface area contributed by atoms with Gasteiger partial charge in [-0.15, -0.1) is 0 Å². The summed E-state index contributed by atoms with van der Waals surface area (Å²) in [5.74, 6) is 2.54. The van der Waals surface area contributed by atoms with Crippen LogP contribution in [-0.4, -0.2) is 27.6 Å². The fourth-order valence-electron chi connectivity index (χ4n) is 4.11. The van der Waals surface area contributed by atoms with Gasteiger partial charge in [-0.05, 0) is 68.4 Å². The second kappa shape index (κ2) is 8.80. The number of imidazole rings is 1. The van der Waals surface area contributed by atoms with E-state index in [-0.39, 0.29) is 5.82 Å². The van der Waals surface area contributed by atoms with E-state index in [9.17, 15) is 4.39 Å². The first-order valence-corrected chi connectivity index (χ1v) is 10.8. The van der Waals surface area contributed by atoms with Crippen molar-refractivity contribution >= 4 is 11.5 Å². The summed E-state index contributed by atoms with van der Waals surface area (Å²) in [4.78, 5) is 8.54. The molecule has 32 heavy (non-hydrogen) atoms. The third-order valence-corrected chi connectivity index (χ3v) is 5.79. The first kappa shape index (κ1) is 20.2. The average molecular weight is 429 g/mol. The van der Waals surface area contributed by atoms with Gasteiger partial charge in [0.05, 0.1) is 5.36 Å². The van der Waals surface area contributed by atoms with Crippen LogP contribution in [0.1, 0.15) is 24.6 Å². The molecule has 0 spiro atoms. The van der Waals surface area contributed by atoms with Crippen LogP contribution in [0.25, 0.3) is 17.1 Å². The summed E-state index contributed by atoms with van der Waals surface area (Å²) in [5.41, 5.74) is 2.52. The van der Waals surface area contributed by atoms with Crippen LogP contribution in [0.5, 0.6) is 0 Å². The molecule has 0 amide bonds. The molecular weight excluding hydrogens is 403 g/mol. The van der Waals surface area contributed by atoms with Crippen LogP contribution in [0.3, 0.4) is 0 Å². The highest BCUT2D eigenvalue weighted by molar-refractivity contribution is 5.70. The maximum Gasteiger partial charge on any atom is 0.144 e. The zero-order chi connectivity index (χ0) is 21.9. The molecule has 0 aliphatic carbocycles. The Morgan fingerprint density at radius 2 is 1.75 bits per heavy atom. The molecule has 4 N–H and O–H groups in total. The minimum Gasteiger partial charge on any atom is -0.341 e. The molecule has 0 bridgehead atoms. The molecule has 3 heterocycles. The molecule has 1 saturated heterocycles. The lowest BCUT2D eigenvalue weighted by Crippen LogP contribution is -2.27. The van der Waals surface area contributed by atoms with Gasteiger partial charge in [-0.3, -0.25) is 4.57 Å². The van der Waals surface area contributed by atoms with Crippen molar-refractivity contribution in [1.82, 2.24) is 19.9 Å². The highest BCUT2D eigenvalue weighted by Crippen LogP contribution is 2.32. The highest BCUT2D eigenvalue weighted by Gasteiger charge is 2.23. The number of benzene rings is 2. The topological polar surface area (TPSA) is 81.5 Å². The van der Waals surface area contributed by atoms with E-state index in [2.05, 4.69) is 15.6 Å². The number of anilines is 2. The van der Waals surface area contributed by atoms with E-state index in [4.69, 9.17) is 10.4 Å². The summed E-state index contributed by atoms with van der Waals surface area (Å²) in [6.45, 7) is 1.93. The third-order valence-electron chi connectivity index (χ3n) is 5.79. The molecule has 1 fully saturated rings.